The third kappa shape index (κ3) is 2.66. The zero-order valence-electron chi connectivity index (χ0n) is 12.0. The minimum absolute atomic E-state index is 0.0835. The molecule has 0 saturated heterocycles. The first-order valence-corrected chi connectivity index (χ1v) is 7.96. The van der Waals surface area contributed by atoms with E-state index >= 15 is 0 Å². The van der Waals surface area contributed by atoms with E-state index < -0.39 is 14.9 Å². The molecule has 1 aliphatic heterocycles. The fourth-order valence-electron chi connectivity index (χ4n) is 2.14. The van der Waals surface area contributed by atoms with Gasteiger partial charge in [0, 0.05) is 25.2 Å². The lowest BCUT2D eigenvalue weighted by Gasteiger charge is -2.19. The maximum atomic E-state index is 12.6. The number of benzene rings is 2. The largest absolute Gasteiger partial charge is 0.454 e. The van der Waals surface area contributed by atoms with Gasteiger partial charge in [0.1, 0.15) is 0 Å². The molecule has 0 aromatic heterocycles. The third-order valence-electron chi connectivity index (χ3n) is 3.41. The van der Waals surface area contributed by atoms with Crippen molar-refractivity contribution in [1.82, 2.24) is 0 Å². The van der Waals surface area contributed by atoms with Crippen molar-refractivity contribution in [3.63, 3.8) is 0 Å². The number of ether oxygens (including phenoxy) is 2. The Balaban J connectivity index is 1.99. The average molecular weight is 336 g/mol. The van der Waals surface area contributed by atoms with E-state index in [1.165, 1.54) is 31.3 Å². The lowest BCUT2D eigenvalue weighted by Crippen LogP contribution is -2.26. The number of rotatable bonds is 4. The molecule has 0 spiro atoms. The molecule has 0 fully saturated rings. The summed E-state index contributed by atoms with van der Waals surface area (Å²) in [6, 6.07) is 9.62. The van der Waals surface area contributed by atoms with E-state index in [2.05, 4.69) is 0 Å². The third-order valence-corrected chi connectivity index (χ3v) is 5.19. The summed E-state index contributed by atoms with van der Waals surface area (Å²) in [7, 11) is -2.57. The lowest BCUT2D eigenvalue weighted by molar-refractivity contribution is -0.385. The van der Waals surface area contributed by atoms with Gasteiger partial charge in [0.05, 0.1) is 15.5 Å². The molecule has 0 aliphatic carbocycles. The number of sulfonamides is 1. The van der Waals surface area contributed by atoms with Crippen LogP contribution in [0.5, 0.6) is 11.5 Å². The maximum absolute atomic E-state index is 12.6. The first-order chi connectivity index (χ1) is 10.9. The second-order valence-corrected chi connectivity index (χ2v) is 6.73. The predicted octanol–water partition coefficient (Wildman–Crippen LogP) is 2.15. The molecule has 0 bridgehead atoms. The normalized spacial score (nSPS) is 12.9. The minimum Gasteiger partial charge on any atom is -0.454 e. The molecule has 0 atom stereocenters. The first kappa shape index (κ1) is 15.1. The number of nitrogens with zero attached hydrogens (tertiary/aromatic N) is 2. The van der Waals surface area contributed by atoms with Gasteiger partial charge in [-0.2, -0.15) is 0 Å². The Labute approximate surface area is 132 Å². The van der Waals surface area contributed by atoms with Crippen LogP contribution in [0, 0.1) is 10.1 Å². The Morgan fingerprint density at radius 1 is 1.13 bits per heavy atom. The van der Waals surface area contributed by atoms with Crippen molar-refractivity contribution in [2.24, 2.45) is 0 Å². The summed E-state index contributed by atoms with van der Waals surface area (Å²) < 4.78 is 36.7. The fourth-order valence-corrected chi connectivity index (χ4v) is 3.36. The molecule has 0 radical (unpaired) electrons. The number of nitro benzene ring substituents is 1. The molecule has 0 amide bonds. The fraction of sp³-hybridized carbons (Fsp3) is 0.143. The lowest BCUT2D eigenvalue weighted by atomic mass is 10.3. The summed E-state index contributed by atoms with van der Waals surface area (Å²) in [4.78, 5) is 10.0. The Kier molecular flexibility index (Phi) is 3.57. The number of hydrogen-bond acceptors (Lipinski definition) is 6. The van der Waals surface area contributed by atoms with Gasteiger partial charge in [-0.25, -0.2) is 8.42 Å². The molecule has 1 heterocycles. The Morgan fingerprint density at radius 3 is 2.61 bits per heavy atom. The van der Waals surface area contributed by atoms with Gasteiger partial charge in [-0.3, -0.25) is 14.4 Å². The monoisotopic (exact) mass is 336 g/mol. The topological polar surface area (TPSA) is 99.0 Å². The number of hydrogen-bond donors (Lipinski definition) is 0. The number of anilines is 1. The average Bonchev–Trinajstić information content (AvgIpc) is 3.01. The highest BCUT2D eigenvalue weighted by atomic mass is 32.2. The minimum atomic E-state index is -3.93. The van der Waals surface area contributed by atoms with E-state index in [4.69, 9.17) is 9.47 Å². The van der Waals surface area contributed by atoms with Crippen molar-refractivity contribution in [3.05, 3.63) is 52.6 Å². The molecule has 2 aromatic rings. The summed E-state index contributed by atoms with van der Waals surface area (Å²) in [5, 5.41) is 10.8. The highest BCUT2D eigenvalue weighted by molar-refractivity contribution is 7.92. The van der Waals surface area contributed by atoms with Crippen LogP contribution in [0.4, 0.5) is 11.4 Å². The summed E-state index contributed by atoms with van der Waals surface area (Å²) in [5.41, 5.74) is 0.0749. The van der Waals surface area contributed by atoms with Gasteiger partial charge in [0.15, 0.2) is 11.5 Å². The standard InChI is InChI=1S/C14H12N2O6S/c1-15(10-5-6-13-14(8-10)22-9-21-13)23(19,20)12-4-2-3-11(7-12)16(17)18/h2-8H,9H2,1H3. The van der Waals surface area contributed by atoms with E-state index in [0.29, 0.717) is 17.2 Å². The SMILES string of the molecule is CN(c1ccc2c(c1)OCO2)S(=O)(=O)c1cccc([N+](=O)[O-])c1. The summed E-state index contributed by atoms with van der Waals surface area (Å²) >= 11 is 0. The van der Waals surface area contributed by atoms with Crippen molar-refractivity contribution in [3.8, 4) is 11.5 Å². The van der Waals surface area contributed by atoms with Crippen LogP contribution >= 0.6 is 0 Å². The van der Waals surface area contributed by atoms with Gasteiger partial charge < -0.3 is 9.47 Å². The number of nitro groups is 1. The van der Waals surface area contributed by atoms with Crippen LogP contribution in [-0.4, -0.2) is 27.2 Å². The van der Waals surface area contributed by atoms with Gasteiger partial charge in [0.2, 0.25) is 6.79 Å². The van der Waals surface area contributed by atoms with Crippen LogP contribution in [0.3, 0.4) is 0 Å². The van der Waals surface area contributed by atoms with Gasteiger partial charge in [-0.1, -0.05) is 6.07 Å². The zero-order valence-corrected chi connectivity index (χ0v) is 12.8. The molecular formula is C14H12N2O6S. The van der Waals surface area contributed by atoms with Crippen LogP contribution in [0.25, 0.3) is 0 Å². The molecule has 23 heavy (non-hydrogen) atoms. The van der Waals surface area contributed by atoms with Crippen LogP contribution < -0.4 is 13.8 Å². The molecule has 9 heteroatoms. The molecule has 0 saturated carbocycles. The Hall–Kier alpha value is -2.81. The summed E-state index contributed by atoms with van der Waals surface area (Å²) in [6.07, 6.45) is 0. The highest BCUT2D eigenvalue weighted by Gasteiger charge is 2.25. The molecule has 120 valence electrons. The van der Waals surface area contributed by atoms with Crippen molar-refractivity contribution in [2.75, 3.05) is 18.1 Å². The van der Waals surface area contributed by atoms with Crippen LogP contribution in [0.15, 0.2) is 47.4 Å². The molecule has 3 rings (SSSR count). The van der Waals surface area contributed by atoms with Crippen LogP contribution in [0.1, 0.15) is 0 Å². The van der Waals surface area contributed by atoms with Crippen molar-refractivity contribution >= 4 is 21.4 Å². The Bertz CT molecular complexity index is 881. The van der Waals surface area contributed by atoms with Crippen molar-refractivity contribution in [2.45, 2.75) is 4.90 Å². The summed E-state index contributed by atoms with van der Waals surface area (Å²) in [6.45, 7) is 0.0835. The smallest absolute Gasteiger partial charge is 0.270 e. The molecule has 0 unspecified atom stereocenters. The summed E-state index contributed by atoms with van der Waals surface area (Å²) in [5.74, 6) is 0.985. The molecule has 2 aromatic carbocycles. The maximum Gasteiger partial charge on any atom is 0.270 e. The van der Waals surface area contributed by atoms with Gasteiger partial charge >= 0.3 is 0 Å². The molecular weight excluding hydrogens is 324 g/mol. The van der Waals surface area contributed by atoms with E-state index in [1.54, 1.807) is 12.1 Å². The van der Waals surface area contributed by atoms with E-state index in [9.17, 15) is 18.5 Å². The van der Waals surface area contributed by atoms with Gasteiger partial charge in [0.25, 0.3) is 15.7 Å². The molecule has 8 nitrogen and oxygen atoms in total. The van der Waals surface area contributed by atoms with E-state index in [-0.39, 0.29) is 17.4 Å². The van der Waals surface area contributed by atoms with Crippen molar-refractivity contribution < 1.29 is 22.8 Å². The number of non-ortho nitro benzene ring substituents is 1. The van der Waals surface area contributed by atoms with E-state index in [0.717, 1.165) is 10.4 Å². The quantitative estimate of drug-likeness (QED) is 0.626. The molecule has 1 aliphatic rings. The van der Waals surface area contributed by atoms with Crippen LogP contribution in [0.2, 0.25) is 0 Å². The molecule has 0 N–H and O–H groups in total. The van der Waals surface area contributed by atoms with Gasteiger partial charge in [-0.05, 0) is 18.2 Å². The first-order valence-electron chi connectivity index (χ1n) is 6.52. The van der Waals surface area contributed by atoms with Gasteiger partial charge in [-0.15, -0.1) is 0 Å². The van der Waals surface area contributed by atoms with E-state index in [1.807, 2.05) is 0 Å². The highest BCUT2D eigenvalue weighted by Crippen LogP contribution is 2.36. The van der Waals surface area contributed by atoms with Crippen molar-refractivity contribution in [1.29, 1.82) is 0 Å². The second-order valence-electron chi connectivity index (χ2n) is 4.76. The zero-order chi connectivity index (χ0) is 16.6. The Morgan fingerprint density at radius 2 is 1.87 bits per heavy atom. The van der Waals surface area contributed by atoms with Crippen LogP contribution in [-0.2, 0) is 10.0 Å². The second kappa shape index (κ2) is 5.43. The number of fused-ring (bicyclic) bond motifs is 1. The predicted molar refractivity (Wildman–Crippen MR) is 81.3 cm³/mol.